The highest BCUT2D eigenvalue weighted by atomic mass is 16.7. The third-order valence-corrected chi connectivity index (χ3v) is 13.2. The van der Waals surface area contributed by atoms with Crippen LogP contribution < -0.4 is 0 Å². The molecule has 0 spiro atoms. The van der Waals surface area contributed by atoms with Gasteiger partial charge in [0.05, 0.1) is 38.6 Å². The molecule has 4 saturated heterocycles. The van der Waals surface area contributed by atoms with E-state index in [1.807, 2.05) is 0 Å². The van der Waals surface area contributed by atoms with E-state index in [0.717, 1.165) is 89.0 Å². The van der Waals surface area contributed by atoms with Gasteiger partial charge in [-0.1, -0.05) is 38.5 Å². The minimum absolute atomic E-state index is 0.0226. The van der Waals surface area contributed by atoms with Crippen LogP contribution in [-0.4, -0.2) is 64.4 Å². The third-order valence-electron chi connectivity index (χ3n) is 13.2. The smallest absolute Gasteiger partial charge is 0.160 e. The zero-order chi connectivity index (χ0) is 27.2. The van der Waals surface area contributed by atoms with Crippen molar-refractivity contribution in [2.75, 3.05) is 39.6 Å². The van der Waals surface area contributed by atoms with Gasteiger partial charge >= 0.3 is 0 Å². The molecule has 8 fully saturated rings. The Morgan fingerprint density at radius 1 is 0.390 bits per heavy atom. The van der Waals surface area contributed by atoms with Crippen molar-refractivity contribution in [2.45, 2.75) is 121 Å². The summed E-state index contributed by atoms with van der Waals surface area (Å²) in [6.45, 7) is 5.04. The second-order valence-electron chi connectivity index (χ2n) is 15.7. The van der Waals surface area contributed by atoms with Gasteiger partial charge in [0.1, 0.15) is 0 Å². The summed E-state index contributed by atoms with van der Waals surface area (Å²) in [7, 11) is 0. The fourth-order valence-electron chi connectivity index (χ4n) is 11.5. The van der Waals surface area contributed by atoms with Crippen LogP contribution in [0.15, 0.2) is 0 Å². The van der Waals surface area contributed by atoms with Gasteiger partial charge in [0.15, 0.2) is 12.6 Å². The van der Waals surface area contributed by atoms with E-state index in [1.165, 1.54) is 70.6 Å². The molecule has 8 rings (SSSR count). The second-order valence-corrected chi connectivity index (χ2v) is 15.7. The molecule has 232 valence electrons. The van der Waals surface area contributed by atoms with Gasteiger partial charge in [-0.2, -0.15) is 0 Å². The molecule has 4 heterocycles. The summed E-state index contributed by atoms with van der Waals surface area (Å²) in [5, 5.41) is 0. The lowest BCUT2D eigenvalue weighted by atomic mass is 9.58. The minimum Gasteiger partial charge on any atom is -0.375 e. The molecule has 4 saturated carbocycles. The Hall–Kier alpha value is -0.240. The maximum Gasteiger partial charge on any atom is 0.160 e. The molecule has 0 aromatic rings. The first-order chi connectivity index (χ1) is 20.3. The zero-order valence-corrected chi connectivity index (χ0v) is 25.4. The van der Waals surface area contributed by atoms with Crippen LogP contribution in [-0.2, 0) is 28.4 Å². The van der Waals surface area contributed by atoms with Crippen LogP contribution in [0.4, 0.5) is 0 Å². The quantitative estimate of drug-likeness (QED) is 0.379. The largest absolute Gasteiger partial charge is 0.375 e. The Balaban J connectivity index is 0.952. The number of fused-ring (bicyclic) bond motifs is 5. The molecule has 0 aromatic heterocycles. The van der Waals surface area contributed by atoms with Crippen molar-refractivity contribution in [3.8, 4) is 0 Å². The number of hydrogen-bond acceptors (Lipinski definition) is 6. The van der Waals surface area contributed by atoms with Gasteiger partial charge in [0.2, 0.25) is 0 Å². The third kappa shape index (κ3) is 5.93. The molecule has 6 heteroatoms. The Bertz CT molecular complexity index is 856. The van der Waals surface area contributed by atoms with Crippen LogP contribution in [0.5, 0.6) is 0 Å². The average Bonchev–Trinajstić information content (AvgIpc) is 3.51. The van der Waals surface area contributed by atoms with Gasteiger partial charge in [-0.05, 0) is 99.2 Å². The molecule has 0 N–H and O–H groups in total. The van der Waals surface area contributed by atoms with Gasteiger partial charge in [0, 0.05) is 31.0 Å². The van der Waals surface area contributed by atoms with Crippen molar-refractivity contribution >= 4 is 0 Å². The lowest BCUT2D eigenvalue weighted by Gasteiger charge is -2.50. The summed E-state index contributed by atoms with van der Waals surface area (Å²) in [5.74, 6) is 6.73. The summed E-state index contributed by atoms with van der Waals surface area (Å²) in [6, 6.07) is 0. The van der Waals surface area contributed by atoms with Gasteiger partial charge < -0.3 is 28.4 Å². The second kappa shape index (κ2) is 12.6. The first kappa shape index (κ1) is 28.2. The number of rotatable bonds is 4. The normalized spacial score (nSPS) is 52.7. The van der Waals surface area contributed by atoms with E-state index in [-0.39, 0.29) is 18.7 Å². The van der Waals surface area contributed by atoms with Crippen LogP contribution in [0.3, 0.4) is 0 Å². The SMILES string of the molecule is C1CC2CC(C1)CC(C1OCCC(C3C4CCCC(C4)CC3C3OCCCC(C4COC5CCOC54)CO3)CO1)C2. The van der Waals surface area contributed by atoms with E-state index < -0.39 is 0 Å². The fourth-order valence-corrected chi connectivity index (χ4v) is 11.5. The maximum atomic E-state index is 6.87. The van der Waals surface area contributed by atoms with E-state index in [1.54, 1.807) is 0 Å². The van der Waals surface area contributed by atoms with Gasteiger partial charge in [-0.15, -0.1) is 0 Å². The van der Waals surface area contributed by atoms with Crippen LogP contribution in [0.25, 0.3) is 0 Å². The van der Waals surface area contributed by atoms with Crippen molar-refractivity contribution in [2.24, 2.45) is 59.2 Å². The molecule has 4 aliphatic carbocycles. The molecule has 0 aromatic carbocycles. The summed E-state index contributed by atoms with van der Waals surface area (Å²) >= 11 is 0. The Labute approximate surface area is 248 Å². The minimum atomic E-state index is -0.0773. The molecule has 0 radical (unpaired) electrons. The van der Waals surface area contributed by atoms with Crippen LogP contribution in [0, 0.1) is 59.2 Å². The molecule has 4 bridgehead atoms. The molecule has 41 heavy (non-hydrogen) atoms. The van der Waals surface area contributed by atoms with Crippen molar-refractivity contribution in [1.29, 1.82) is 0 Å². The lowest BCUT2D eigenvalue weighted by molar-refractivity contribution is -0.225. The van der Waals surface area contributed by atoms with E-state index in [9.17, 15) is 0 Å². The summed E-state index contributed by atoms with van der Waals surface area (Å²) < 4.78 is 39.1. The van der Waals surface area contributed by atoms with Crippen molar-refractivity contribution < 1.29 is 28.4 Å². The van der Waals surface area contributed by atoms with Crippen LogP contribution in [0.1, 0.15) is 96.3 Å². The highest BCUT2D eigenvalue weighted by Gasteiger charge is 2.50. The first-order valence-electron chi connectivity index (χ1n) is 18.0. The van der Waals surface area contributed by atoms with Gasteiger partial charge in [-0.25, -0.2) is 0 Å². The molecular formula is C35H56O6. The predicted molar refractivity (Wildman–Crippen MR) is 155 cm³/mol. The van der Waals surface area contributed by atoms with Crippen LogP contribution in [0.2, 0.25) is 0 Å². The molecule has 13 atom stereocenters. The maximum absolute atomic E-state index is 6.87. The standard InChI is InChI=1S/C35H56O6/c1-4-22-14-23(5-1)17-28(16-22)34-38-12-9-27(20-40-34)32-25-7-2-6-24(15-25)18-29(32)35-37-11-3-8-26(19-41-35)30-21-39-31-10-13-36-33(30)31/h22-35H,1-21H2. The molecule has 8 aliphatic rings. The van der Waals surface area contributed by atoms with E-state index in [0.29, 0.717) is 41.6 Å². The molecule has 6 nitrogen and oxygen atoms in total. The Morgan fingerprint density at radius 2 is 1.10 bits per heavy atom. The molecule has 4 aliphatic heterocycles. The zero-order valence-electron chi connectivity index (χ0n) is 25.4. The first-order valence-corrected chi connectivity index (χ1v) is 18.0. The molecule has 13 unspecified atom stereocenters. The average molecular weight is 573 g/mol. The summed E-state index contributed by atoms with van der Waals surface area (Å²) in [4.78, 5) is 0. The summed E-state index contributed by atoms with van der Waals surface area (Å²) in [5.41, 5.74) is 0. The Kier molecular flexibility index (Phi) is 8.70. The van der Waals surface area contributed by atoms with Crippen molar-refractivity contribution in [1.82, 2.24) is 0 Å². The Morgan fingerprint density at radius 3 is 2.00 bits per heavy atom. The highest BCUT2D eigenvalue weighted by Crippen LogP contribution is 2.52. The van der Waals surface area contributed by atoms with Gasteiger partial charge in [-0.3, -0.25) is 0 Å². The van der Waals surface area contributed by atoms with E-state index >= 15 is 0 Å². The highest BCUT2D eigenvalue weighted by molar-refractivity contribution is 4.96. The monoisotopic (exact) mass is 572 g/mol. The van der Waals surface area contributed by atoms with Crippen molar-refractivity contribution in [3.63, 3.8) is 0 Å². The van der Waals surface area contributed by atoms with Crippen LogP contribution >= 0.6 is 0 Å². The predicted octanol–water partition coefficient (Wildman–Crippen LogP) is 6.60. The lowest BCUT2D eigenvalue weighted by Crippen LogP contribution is -2.48. The number of hydrogen-bond donors (Lipinski definition) is 0. The van der Waals surface area contributed by atoms with E-state index in [2.05, 4.69) is 0 Å². The summed E-state index contributed by atoms with van der Waals surface area (Å²) in [6.07, 6.45) is 20.3. The van der Waals surface area contributed by atoms with Crippen molar-refractivity contribution in [3.05, 3.63) is 0 Å². The molecule has 0 amide bonds. The fraction of sp³-hybridized carbons (Fsp3) is 1.00. The van der Waals surface area contributed by atoms with Gasteiger partial charge in [0.25, 0.3) is 0 Å². The topological polar surface area (TPSA) is 55.4 Å². The molecular weight excluding hydrogens is 516 g/mol. The van der Waals surface area contributed by atoms with E-state index in [4.69, 9.17) is 28.4 Å². The number of ether oxygens (including phenoxy) is 6.